The summed E-state index contributed by atoms with van der Waals surface area (Å²) in [5.74, 6) is 0. The third-order valence-electron chi connectivity index (χ3n) is 3.71. The first-order chi connectivity index (χ1) is 6.29. The van der Waals surface area contributed by atoms with Gasteiger partial charge < -0.3 is 15.5 Å². The van der Waals surface area contributed by atoms with Gasteiger partial charge in [-0.25, -0.2) is 0 Å². The summed E-state index contributed by atoms with van der Waals surface area (Å²) in [4.78, 5) is 0. The molecule has 0 radical (unpaired) electrons. The van der Waals surface area contributed by atoms with Gasteiger partial charge in [0.15, 0.2) is 0 Å². The molecule has 84 valence electrons. The van der Waals surface area contributed by atoms with Crippen molar-refractivity contribution in [2.75, 3.05) is 6.54 Å². The first-order valence-corrected chi connectivity index (χ1v) is 5.43. The molecule has 0 spiro atoms. The van der Waals surface area contributed by atoms with Crippen LogP contribution in [-0.2, 0) is 0 Å². The molecular weight excluding hydrogens is 178 g/mol. The predicted molar refractivity (Wildman–Crippen MR) is 57.1 cm³/mol. The van der Waals surface area contributed by atoms with Crippen LogP contribution in [0.5, 0.6) is 0 Å². The van der Waals surface area contributed by atoms with Gasteiger partial charge in [0.2, 0.25) is 0 Å². The number of aliphatic hydroxyl groups excluding tert-OH is 1. The van der Waals surface area contributed by atoms with Gasteiger partial charge >= 0.3 is 0 Å². The van der Waals surface area contributed by atoms with Crippen molar-refractivity contribution in [3.63, 3.8) is 0 Å². The third-order valence-corrected chi connectivity index (χ3v) is 3.71. The van der Waals surface area contributed by atoms with E-state index in [1.807, 2.05) is 13.8 Å². The summed E-state index contributed by atoms with van der Waals surface area (Å²) in [6, 6.07) is 0.329. The summed E-state index contributed by atoms with van der Waals surface area (Å²) in [5, 5.41) is 22.7. The lowest BCUT2D eigenvalue weighted by atomic mass is 9.64. The van der Waals surface area contributed by atoms with Gasteiger partial charge in [0.05, 0.1) is 11.7 Å². The zero-order valence-electron chi connectivity index (χ0n) is 9.67. The summed E-state index contributed by atoms with van der Waals surface area (Å²) >= 11 is 0. The van der Waals surface area contributed by atoms with Crippen LogP contribution in [-0.4, -0.2) is 34.5 Å². The van der Waals surface area contributed by atoms with Crippen LogP contribution in [0.25, 0.3) is 0 Å². The average Bonchev–Trinajstić information content (AvgIpc) is 2.12. The van der Waals surface area contributed by atoms with E-state index in [0.29, 0.717) is 12.6 Å². The fraction of sp³-hybridized carbons (Fsp3) is 1.00. The van der Waals surface area contributed by atoms with Crippen LogP contribution in [0.2, 0.25) is 0 Å². The Kier molecular flexibility index (Phi) is 3.24. The molecule has 3 heteroatoms. The maximum absolute atomic E-state index is 9.80. The van der Waals surface area contributed by atoms with E-state index in [1.54, 1.807) is 0 Å². The molecule has 1 saturated carbocycles. The molecule has 0 heterocycles. The minimum absolute atomic E-state index is 0.0518. The van der Waals surface area contributed by atoms with Crippen molar-refractivity contribution in [2.45, 2.75) is 58.3 Å². The largest absolute Gasteiger partial charge is 0.392 e. The standard InChI is InChI=1S/C11H23NO2/c1-5-11(4,14)7-12-8-6-9(13)10(8,2)3/h8-9,12-14H,5-7H2,1-4H3. The highest BCUT2D eigenvalue weighted by atomic mass is 16.3. The van der Waals surface area contributed by atoms with Crippen molar-refractivity contribution in [1.82, 2.24) is 5.32 Å². The lowest BCUT2D eigenvalue weighted by molar-refractivity contribution is -0.0791. The lowest BCUT2D eigenvalue weighted by Crippen LogP contribution is -2.61. The van der Waals surface area contributed by atoms with Crippen molar-refractivity contribution in [2.24, 2.45) is 5.41 Å². The molecule has 1 aliphatic rings. The van der Waals surface area contributed by atoms with E-state index in [0.717, 1.165) is 12.8 Å². The molecule has 0 aromatic carbocycles. The molecule has 0 amide bonds. The van der Waals surface area contributed by atoms with Crippen LogP contribution >= 0.6 is 0 Å². The van der Waals surface area contributed by atoms with E-state index in [9.17, 15) is 10.2 Å². The topological polar surface area (TPSA) is 52.5 Å². The summed E-state index contributed by atoms with van der Waals surface area (Å²) in [6.07, 6.45) is 1.34. The van der Waals surface area contributed by atoms with Gasteiger partial charge in [-0.15, -0.1) is 0 Å². The Labute approximate surface area is 86.5 Å². The highest BCUT2D eigenvalue weighted by Crippen LogP contribution is 2.40. The minimum atomic E-state index is -0.628. The van der Waals surface area contributed by atoms with E-state index in [1.165, 1.54) is 0 Å². The Bertz CT molecular complexity index is 201. The summed E-state index contributed by atoms with van der Waals surface area (Å²) < 4.78 is 0. The molecule has 1 rings (SSSR count). The fourth-order valence-electron chi connectivity index (χ4n) is 1.72. The van der Waals surface area contributed by atoms with Crippen LogP contribution in [0.15, 0.2) is 0 Å². The maximum atomic E-state index is 9.80. The molecule has 14 heavy (non-hydrogen) atoms. The van der Waals surface area contributed by atoms with Crippen LogP contribution in [0.4, 0.5) is 0 Å². The smallest absolute Gasteiger partial charge is 0.0741 e. The molecule has 0 aliphatic heterocycles. The van der Waals surface area contributed by atoms with Crippen molar-refractivity contribution in [1.29, 1.82) is 0 Å². The normalized spacial score (nSPS) is 34.7. The van der Waals surface area contributed by atoms with Gasteiger partial charge in [-0.3, -0.25) is 0 Å². The predicted octanol–water partition coefficient (Wildman–Crippen LogP) is 0.896. The van der Waals surface area contributed by atoms with E-state index in [-0.39, 0.29) is 11.5 Å². The molecule has 0 saturated heterocycles. The van der Waals surface area contributed by atoms with Gasteiger partial charge in [-0.2, -0.15) is 0 Å². The zero-order chi connectivity index (χ0) is 11.0. The second kappa shape index (κ2) is 3.80. The molecule has 3 N–H and O–H groups in total. The summed E-state index contributed by atoms with van der Waals surface area (Å²) in [6.45, 7) is 8.52. The second-order valence-corrected chi connectivity index (χ2v) is 5.36. The molecule has 1 fully saturated rings. The van der Waals surface area contributed by atoms with E-state index >= 15 is 0 Å². The first-order valence-electron chi connectivity index (χ1n) is 5.43. The second-order valence-electron chi connectivity index (χ2n) is 5.36. The summed E-state index contributed by atoms with van der Waals surface area (Å²) in [7, 11) is 0. The Balaban J connectivity index is 2.34. The highest BCUT2D eigenvalue weighted by Gasteiger charge is 2.47. The SMILES string of the molecule is CCC(C)(O)CNC1CC(O)C1(C)C. The van der Waals surface area contributed by atoms with Gasteiger partial charge in [0, 0.05) is 18.0 Å². The average molecular weight is 201 g/mol. The monoisotopic (exact) mass is 201 g/mol. The zero-order valence-corrected chi connectivity index (χ0v) is 9.67. The van der Waals surface area contributed by atoms with Gasteiger partial charge in [0.25, 0.3) is 0 Å². The number of rotatable bonds is 4. The van der Waals surface area contributed by atoms with E-state index in [4.69, 9.17) is 0 Å². The molecule has 0 aromatic rings. The number of aliphatic hydroxyl groups is 2. The molecule has 3 nitrogen and oxygen atoms in total. The Morgan fingerprint density at radius 3 is 2.43 bits per heavy atom. The maximum Gasteiger partial charge on any atom is 0.0741 e. The van der Waals surface area contributed by atoms with Crippen molar-refractivity contribution in [3.05, 3.63) is 0 Å². The van der Waals surface area contributed by atoms with Gasteiger partial charge in [-0.05, 0) is 19.8 Å². The minimum Gasteiger partial charge on any atom is -0.392 e. The molecule has 0 aromatic heterocycles. The van der Waals surface area contributed by atoms with Crippen molar-refractivity contribution >= 4 is 0 Å². The highest BCUT2D eigenvalue weighted by molar-refractivity contribution is 5.02. The number of hydrogen-bond donors (Lipinski definition) is 3. The quantitative estimate of drug-likeness (QED) is 0.633. The molecule has 1 aliphatic carbocycles. The Morgan fingerprint density at radius 2 is 2.07 bits per heavy atom. The molecule has 3 atom stereocenters. The third kappa shape index (κ3) is 2.27. The van der Waals surface area contributed by atoms with Crippen LogP contribution < -0.4 is 5.32 Å². The van der Waals surface area contributed by atoms with Crippen LogP contribution in [0, 0.1) is 5.41 Å². The number of nitrogens with one attached hydrogen (secondary N) is 1. The fourth-order valence-corrected chi connectivity index (χ4v) is 1.72. The summed E-state index contributed by atoms with van der Waals surface area (Å²) in [5.41, 5.74) is -0.680. The van der Waals surface area contributed by atoms with Crippen molar-refractivity contribution < 1.29 is 10.2 Å². The lowest BCUT2D eigenvalue weighted by Gasteiger charge is -2.50. The van der Waals surface area contributed by atoms with Gasteiger partial charge in [0.1, 0.15) is 0 Å². The molecule has 0 bridgehead atoms. The number of hydrogen-bond acceptors (Lipinski definition) is 3. The van der Waals surface area contributed by atoms with Crippen LogP contribution in [0.3, 0.4) is 0 Å². The Morgan fingerprint density at radius 1 is 1.50 bits per heavy atom. The van der Waals surface area contributed by atoms with Crippen molar-refractivity contribution in [3.8, 4) is 0 Å². The van der Waals surface area contributed by atoms with E-state index in [2.05, 4.69) is 19.2 Å². The first kappa shape index (κ1) is 12.0. The van der Waals surface area contributed by atoms with Gasteiger partial charge in [-0.1, -0.05) is 20.8 Å². The van der Waals surface area contributed by atoms with E-state index < -0.39 is 5.60 Å². The van der Waals surface area contributed by atoms with Crippen LogP contribution in [0.1, 0.15) is 40.5 Å². The Hall–Kier alpha value is -0.120. The molecule has 3 unspecified atom stereocenters. The molecular formula is C11H23NO2.